The zero-order valence-corrected chi connectivity index (χ0v) is 29.5. The molecule has 1 aromatic heterocycles. The van der Waals surface area contributed by atoms with Gasteiger partial charge in [0.05, 0.1) is 22.4 Å². The molecule has 54 heavy (non-hydrogen) atoms. The maximum atomic E-state index is 2.51. The molecule has 10 aromatic carbocycles. The number of para-hydroxylation sites is 3. The Morgan fingerprint density at radius 3 is 1.57 bits per heavy atom. The van der Waals surface area contributed by atoms with E-state index in [1.165, 1.54) is 76.0 Å². The third kappa shape index (κ3) is 4.60. The van der Waals surface area contributed by atoms with Crippen LogP contribution in [0.3, 0.4) is 0 Å². The lowest BCUT2D eigenvalue weighted by Crippen LogP contribution is -2.12. The third-order valence-corrected chi connectivity index (χ3v) is 11.1. The molecule has 0 aliphatic carbocycles. The van der Waals surface area contributed by atoms with E-state index in [1.807, 2.05) is 0 Å². The molecule has 0 atom stereocenters. The van der Waals surface area contributed by atoms with E-state index in [1.54, 1.807) is 0 Å². The van der Waals surface area contributed by atoms with Gasteiger partial charge < -0.3 is 9.47 Å². The molecule has 0 saturated heterocycles. The highest BCUT2D eigenvalue weighted by Gasteiger charge is 2.24. The minimum absolute atomic E-state index is 1.10. The molecule has 0 bridgehead atoms. The molecule has 0 aliphatic heterocycles. The predicted octanol–water partition coefficient (Wildman–Crippen LogP) is 14.5. The van der Waals surface area contributed by atoms with E-state index >= 15 is 0 Å². The van der Waals surface area contributed by atoms with Crippen LogP contribution in [0.2, 0.25) is 0 Å². The van der Waals surface area contributed by atoms with Gasteiger partial charge >= 0.3 is 0 Å². The van der Waals surface area contributed by atoms with Crippen LogP contribution < -0.4 is 4.90 Å². The number of hydrogen-bond acceptors (Lipinski definition) is 1. The fourth-order valence-corrected chi connectivity index (χ4v) is 8.82. The van der Waals surface area contributed by atoms with Crippen molar-refractivity contribution in [2.45, 2.75) is 0 Å². The van der Waals surface area contributed by atoms with Crippen molar-refractivity contribution in [1.82, 2.24) is 4.57 Å². The summed E-state index contributed by atoms with van der Waals surface area (Å²) >= 11 is 0. The lowest BCUT2D eigenvalue weighted by Gasteiger charge is -2.29. The van der Waals surface area contributed by atoms with E-state index in [0.29, 0.717) is 0 Å². The van der Waals surface area contributed by atoms with Gasteiger partial charge in [0.15, 0.2) is 0 Å². The molecule has 0 amide bonds. The molecule has 11 aromatic rings. The van der Waals surface area contributed by atoms with Crippen molar-refractivity contribution >= 4 is 82.0 Å². The summed E-state index contributed by atoms with van der Waals surface area (Å²) in [5.41, 5.74) is 9.21. The monoisotopic (exact) mass is 686 g/mol. The quantitative estimate of drug-likeness (QED) is 0.164. The lowest BCUT2D eigenvalue weighted by atomic mass is 9.90. The lowest BCUT2D eigenvalue weighted by molar-refractivity contribution is 1.17. The highest BCUT2D eigenvalue weighted by atomic mass is 15.2. The Kier molecular flexibility index (Phi) is 6.90. The van der Waals surface area contributed by atoms with E-state index in [2.05, 4.69) is 216 Å². The highest BCUT2D eigenvalue weighted by molar-refractivity contribution is 6.33. The van der Waals surface area contributed by atoms with Crippen molar-refractivity contribution in [3.8, 4) is 16.8 Å². The molecule has 2 nitrogen and oxygen atoms in total. The maximum absolute atomic E-state index is 2.51. The molecule has 0 fully saturated rings. The highest BCUT2D eigenvalue weighted by Crippen LogP contribution is 2.49. The largest absolute Gasteiger partial charge is 0.308 e. The normalized spacial score (nSPS) is 11.7. The topological polar surface area (TPSA) is 8.17 Å². The number of aromatic nitrogens is 1. The van der Waals surface area contributed by atoms with Crippen molar-refractivity contribution < 1.29 is 0 Å². The summed E-state index contributed by atoms with van der Waals surface area (Å²) in [6.07, 6.45) is 0. The Bertz CT molecular complexity index is 3210. The van der Waals surface area contributed by atoms with E-state index in [4.69, 9.17) is 0 Å². The Morgan fingerprint density at radius 1 is 0.315 bits per heavy atom. The van der Waals surface area contributed by atoms with Gasteiger partial charge in [-0.05, 0) is 91.3 Å². The molecule has 1 heterocycles. The van der Waals surface area contributed by atoms with Gasteiger partial charge in [-0.25, -0.2) is 0 Å². The van der Waals surface area contributed by atoms with Crippen LogP contribution in [0.1, 0.15) is 0 Å². The first kappa shape index (κ1) is 30.5. The zero-order chi connectivity index (χ0) is 35.6. The molecule has 0 N–H and O–H groups in total. The number of rotatable bonds is 5. The van der Waals surface area contributed by atoms with E-state index in [-0.39, 0.29) is 0 Å². The Morgan fingerprint density at radius 2 is 0.833 bits per heavy atom. The molecule has 252 valence electrons. The fourth-order valence-electron chi connectivity index (χ4n) is 8.82. The summed E-state index contributed by atoms with van der Waals surface area (Å²) in [5.74, 6) is 0. The SMILES string of the molecule is c1ccc(-c2cccc(N(c3cc4c5ccccc5c5ccccc5c4c4ccccc34)c3cccc4c5ccccc5n(-c5ccccc5)c34)c2)cc1. The van der Waals surface area contributed by atoms with Gasteiger partial charge in [-0.1, -0.05) is 164 Å². The van der Waals surface area contributed by atoms with Crippen LogP contribution in [0.4, 0.5) is 17.1 Å². The van der Waals surface area contributed by atoms with Crippen molar-refractivity contribution in [2.75, 3.05) is 4.90 Å². The van der Waals surface area contributed by atoms with Gasteiger partial charge in [0.2, 0.25) is 0 Å². The van der Waals surface area contributed by atoms with Crippen LogP contribution in [0.15, 0.2) is 206 Å². The number of anilines is 3. The fraction of sp³-hybridized carbons (Fsp3) is 0. The van der Waals surface area contributed by atoms with Gasteiger partial charge in [0.25, 0.3) is 0 Å². The molecule has 2 heteroatoms. The molecule has 0 saturated carbocycles. The number of benzene rings is 10. The van der Waals surface area contributed by atoms with Gasteiger partial charge in [0.1, 0.15) is 0 Å². The second-order valence-electron chi connectivity index (χ2n) is 14.1. The molecular weight excluding hydrogens is 653 g/mol. The molecule has 0 aliphatic rings. The van der Waals surface area contributed by atoms with Crippen LogP contribution in [0.25, 0.3) is 81.7 Å². The molecule has 11 rings (SSSR count). The summed E-state index contributed by atoms with van der Waals surface area (Å²) in [6.45, 7) is 0. The second-order valence-corrected chi connectivity index (χ2v) is 14.1. The van der Waals surface area contributed by atoms with Gasteiger partial charge in [-0.2, -0.15) is 0 Å². The van der Waals surface area contributed by atoms with Crippen LogP contribution in [-0.4, -0.2) is 4.57 Å². The zero-order valence-electron chi connectivity index (χ0n) is 29.5. The van der Waals surface area contributed by atoms with Crippen LogP contribution >= 0.6 is 0 Å². The van der Waals surface area contributed by atoms with Crippen molar-refractivity contribution in [3.05, 3.63) is 206 Å². The third-order valence-electron chi connectivity index (χ3n) is 11.1. The van der Waals surface area contributed by atoms with E-state index in [0.717, 1.165) is 22.7 Å². The first-order chi connectivity index (χ1) is 26.8. The van der Waals surface area contributed by atoms with Crippen LogP contribution in [-0.2, 0) is 0 Å². The summed E-state index contributed by atoms with van der Waals surface area (Å²) in [6, 6.07) is 75.3. The van der Waals surface area contributed by atoms with Crippen LogP contribution in [0.5, 0.6) is 0 Å². The van der Waals surface area contributed by atoms with Gasteiger partial charge in [-0.3, -0.25) is 0 Å². The van der Waals surface area contributed by atoms with E-state index in [9.17, 15) is 0 Å². The van der Waals surface area contributed by atoms with Gasteiger partial charge in [-0.15, -0.1) is 0 Å². The molecule has 0 spiro atoms. The Hall–Kier alpha value is -7.16. The first-order valence-corrected chi connectivity index (χ1v) is 18.6. The van der Waals surface area contributed by atoms with E-state index < -0.39 is 0 Å². The van der Waals surface area contributed by atoms with Crippen LogP contribution in [0, 0.1) is 0 Å². The first-order valence-electron chi connectivity index (χ1n) is 18.6. The second kappa shape index (κ2) is 12.2. The molecule has 0 unspecified atom stereocenters. The molecule has 0 radical (unpaired) electrons. The smallest absolute Gasteiger partial charge is 0.0782 e. The van der Waals surface area contributed by atoms with Crippen molar-refractivity contribution in [3.63, 3.8) is 0 Å². The average Bonchev–Trinajstić information content (AvgIpc) is 3.60. The summed E-state index contributed by atoms with van der Waals surface area (Å²) in [4.78, 5) is 2.51. The average molecular weight is 687 g/mol. The Labute approximate surface area is 313 Å². The maximum Gasteiger partial charge on any atom is 0.0782 e. The minimum atomic E-state index is 1.10. The summed E-state index contributed by atoms with van der Waals surface area (Å²) in [7, 11) is 0. The number of hydrogen-bond donors (Lipinski definition) is 0. The number of fused-ring (bicyclic) bond motifs is 11. The minimum Gasteiger partial charge on any atom is -0.308 e. The van der Waals surface area contributed by atoms with Crippen molar-refractivity contribution in [2.24, 2.45) is 0 Å². The molecular formula is C52H34N2. The number of nitrogens with zero attached hydrogens (tertiary/aromatic N) is 2. The van der Waals surface area contributed by atoms with Crippen molar-refractivity contribution in [1.29, 1.82) is 0 Å². The summed E-state index contributed by atoms with van der Waals surface area (Å²) < 4.78 is 2.44. The summed E-state index contributed by atoms with van der Waals surface area (Å²) in [5, 5.41) is 12.5. The predicted molar refractivity (Wildman–Crippen MR) is 231 cm³/mol. The Balaban J connectivity index is 1.32. The van der Waals surface area contributed by atoms with Gasteiger partial charge in [0, 0.05) is 27.5 Å². The standard InChI is InChI=1S/C52H34N2/c1-3-17-35(18-4-1)36-19-15-22-38(33-36)53(49-32-16-30-46-43-27-13-14-31-48(43)54(52(46)49)37-20-5-2-6-21-37)50-34-47-41-25-8-7-23-39(41)40-24-9-11-28-44(40)51(47)45-29-12-10-26-42(45)50/h1-34H.